The predicted octanol–water partition coefficient (Wildman–Crippen LogP) is 3.77. The number of fused-ring (bicyclic) bond motifs is 1. The van der Waals surface area contributed by atoms with Crippen LogP contribution in [0.25, 0.3) is 10.9 Å². The zero-order valence-electron chi connectivity index (χ0n) is 13.0. The van der Waals surface area contributed by atoms with E-state index in [1.54, 1.807) is 6.20 Å². The van der Waals surface area contributed by atoms with Crippen molar-refractivity contribution in [2.24, 2.45) is 0 Å². The van der Waals surface area contributed by atoms with Crippen molar-refractivity contribution in [3.05, 3.63) is 64.8 Å². The van der Waals surface area contributed by atoms with Gasteiger partial charge in [0, 0.05) is 23.5 Å². The van der Waals surface area contributed by atoms with Crippen LogP contribution < -0.4 is 0 Å². The molecule has 0 aliphatic carbocycles. The number of H-pyrrole nitrogens is 1. The third kappa shape index (κ3) is 3.91. The van der Waals surface area contributed by atoms with Crippen LogP contribution in [-0.2, 0) is 6.54 Å². The standard InChI is InChI=1S/C18H20ClN3O/c1-22(12-13-5-3-2-4-6-13)8-7-18(23)15-9-14-11-20-21-17(14)10-16(15)19/h2-6,9-11,18,23H,7-8,12H2,1H3,(H,20,21). The summed E-state index contributed by atoms with van der Waals surface area (Å²) < 4.78 is 0. The van der Waals surface area contributed by atoms with Crippen LogP contribution in [0.2, 0.25) is 5.02 Å². The average molecular weight is 330 g/mol. The molecule has 0 aliphatic heterocycles. The highest BCUT2D eigenvalue weighted by Gasteiger charge is 2.14. The van der Waals surface area contributed by atoms with Crippen molar-refractivity contribution in [3.8, 4) is 0 Å². The molecule has 1 unspecified atom stereocenters. The van der Waals surface area contributed by atoms with Crippen molar-refractivity contribution in [3.63, 3.8) is 0 Å². The van der Waals surface area contributed by atoms with E-state index in [1.165, 1.54) is 5.56 Å². The Labute approximate surface area is 140 Å². The molecular formula is C18H20ClN3O. The Morgan fingerprint density at radius 2 is 2.04 bits per heavy atom. The molecule has 1 aromatic heterocycles. The fraction of sp³-hybridized carbons (Fsp3) is 0.278. The lowest BCUT2D eigenvalue weighted by Gasteiger charge is -2.19. The third-order valence-corrected chi connectivity index (χ3v) is 4.32. The first kappa shape index (κ1) is 16.0. The van der Waals surface area contributed by atoms with E-state index in [0.29, 0.717) is 11.4 Å². The largest absolute Gasteiger partial charge is 0.388 e. The zero-order chi connectivity index (χ0) is 16.2. The Balaban J connectivity index is 1.61. The molecule has 3 aromatic rings. The Kier molecular flexibility index (Phi) is 4.96. The fourth-order valence-electron chi connectivity index (χ4n) is 2.71. The number of aliphatic hydroxyl groups excluding tert-OH is 1. The molecule has 3 rings (SSSR count). The lowest BCUT2D eigenvalue weighted by atomic mass is 10.0. The highest BCUT2D eigenvalue weighted by Crippen LogP contribution is 2.29. The molecule has 2 aromatic carbocycles. The first-order valence-corrected chi connectivity index (χ1v) is 8.04. The monoisotopic (exact) mass is 329 g/mol. The van der Waals surface area contributed by atoms with Crippen LogP contribution in [0.3, 0.4) is 0 Å². The summed E-state index contributed by atoms with van der Waals surface area (Å²) in [4.78, 5) is 2.20. The van der Waals surface area contributed by atoms with Gasteiger partial charge in [0.05, 0.1) is 17.8 Å². The van der Waals surface area contributed by atoms with Crippen LogP contribution in [0.5, 0.6) is 0 Å². The molecule has 0 bridgehead atoms. The lowest BCUT2D eigenvalue weighted by molar-refractivity contribution is 0.148. The highest BCUT2D eigenvalue weighted by atomic mass is 35.5. The topological polar surface area (TPSA) is 52.1 Å². The number of rotatable bonds is 6. The van der Waals surface area contributed by atoms with Crippen molar-refractivity contribution < 1.29 is 5.11 Å². The minimum absolute atomic E-state index is 0.569. The van der Waals surface area contributed by atoms with Gasteiger partial charge in [-0.3, -0.25) is 5.10 Å². The number of aromatic amines is 1. The van der Waals surface area contributed by atoms with E-state index in [2.05, 4.69) is 34.3 Å². The summed E-state index contributed by atoms with van der Waals surface area (Å²) in [7, 11) is 2.06. The Hall–Kier alpha value is -1.88. The Bertz CT molecular complexity index is 772. The molecule has 2 N–H and O–H groups in total. The van der Waals surface area contributed by atoms with Gasteiger partial charge in [-0.05, 0) is 36.7 Å². The van der Waals surface area contributed by atoms with E-state index in [9.17, 15) is 5.11 Å². The molecule has 120 valence electrons. The number of halogens is 1. The van der Waals surface area contributed by atoms with Gasteiger partial charge in [0.1, 0.15) is 0 Å². The normalized spacial score (nSPS) is 12.9. The summed E-state index contributed by atoms with van der Waals surface area (Å²) in [5, 5.41) is 18.9. The van der Waals surface area contributed by atoms with Crippen LogP contribution in [0.15, 0.2) is 48.7 Å². The number of nitrogens with one attached hydrogen (secondary N) is 1. The average Bonchev–Trinajstić information content (AvgIpc) is 3.00. The van der Waals surface area contributed by atoms with Gasteiger partial charge < -0.3 is 10.0 Å². The van der Waals surface area contributed by atoms with Crippen LogP contribution >= 0.6 is 11.6 Å². The summed E-state index contributed by atoms with van der Waals surface area (Å²) in [5.74, 6) is 0. The smallest absolute Gasteiger partial charge is 0.0816 e. The van der Waals surface area contributed by atoms with E-state index in [4.69, 9.17) is 11.6 Å². The molecule has 0 aliphatic rings. The van der Waals surface area contributed by atoms with Gasteiger partial charge in [-0.25, -0.2) is 0 Å². The van der Waals surface area contributed by atoms with Gasteiger partial charge in [-0.1, -0.05) is 41.9 Å². The minimum Gasteiger partial charge on any atom is -0.388 e. The van der Waals surface area contributed by atoms with Gasteiger partial charge in [0.25, 0.3) is 0 Å². The summed E-state index contributed by atoms with van der Waals surface area (Å²) >= 11 is 6.28. The van der Waals surface area contributed by atoms with Gasteiger partial charge in [0.15, 0.2) is 0 Å². The maximum Gasteiger partial charge on any atom is 0.0816 e. The highest BCUT2D eigenvalue weighted by molar-refractivity contribution is 6.32. The van der Waals surface area contributed by atoms with Crippen molar-refractivity contribution >= 4 is 22.5 Å². The molecule has 0 saturated carbocycles. The van der Waals surface area contributed by atoms with Crippen LogP contribution in [0, 0.1) is 0 Å². The summed E-state index contributed by atoms with van der Waals surface area (Å²) in [6, 6.07) is 14.0. The zero-order valence-corrected chi connectivity index (χ0v) is 13.8. The number of aromatic nitrogens is 2. The van der Waals surface area contributed by atoms with E-state index >= 15 is 0 Å². The predicted molar refractivity (Wildman–Crippen MR) is 93.5 cm³/mol. The summed E-state index contributed by atoms with van der Waals surface area (Å²) in [6.45, 7) is 1.65. The quantitative estimate of drug-likeness (QED) is 0.723. The van der Waals surface area contributed by atoms with E-state index in [1.807, 2.05) is 30.3 Å². The van der Waals surface area contributed by atoms with E-state index < -0.39 is 6.10 Å². The molecule has 0 fully saturated rings. The molecule has 1 atom stereocenters. The second-order valence-electron chi connectivity index (χ2n) is 5.86. The molecule has 0 spiro atoms. The first-order chi connectivity index (χ1) is 11.1. The number of aliphatic hydroxyl groups is 1. The molecule has 4 nitrogen and oxygen atoms in total. The van der Waals surface area contributed by atoms with Gasteiger partial charge in [-0.15, -0.1) is 0 Å². The number of hydrogen-bond donors (Lipinski definition) is 2. The molecule has 0 amide bonds. The second kappa shape index (κ2) is 7.13. The SMILES string of the molecule is CN(CCC(O)c1cc2cn[nH]c2cc1Cl)Cc1ccccc1. The van der Waals surface area contributed by atoms with Gasteiger partial charge in [-0.2, -0.15) is 5.10 Å². The van der Waals surface area contributed by atoms with Crippen molar-refractivity contribution in [1.29, 1.82) is 0 Å². The number of hydrogen-bond acceptors (Lipinski definition) is 3. The lowest BCUT2D eigenvalue weighted by Crippen LogP contribution is -2.21. The molecule has 0 saturated heterocycles. The van der Waals surface area contributed by atoms with Crippen LogP contribution in [0.4, 0.5) is 0 Å². The molecule has 5 heteroatoms. The van der Waals surface area contributed by atoms with Crippen LogP contribution in [0.1, 0.15) is 23.7 Å². The fourth-order valence-corrected chi connectivity index (χ4v) is 3.00. The summed E-state index contributed by atoms with van der Waals surface area (Å²) in [5.41, 5.74) is 2.91. The minimum atomic E-state index is -0.583. The third-order valence-electron chi connectivity index (χ3n) is 4.00. The second-order valence-corrected chi connectivity index (χ2v) is 6.27. The molecule has 0 radical (unpaired) electrons. The van der Waals surface area contributed by atoms with Crippen molar-refractivity contribution in [2.75, 3.05) is 13.6 Å². The van der Waals surface area contributed by atoms with Gasteiger partial charge >= 0.3 is 0 Å². The maximum absolute atomic E-state index is 10.5. The number of benzene rings is 2. The number of nitrogens with zero attached hydrogens (tertiary/aromatic N) is 2. The van der Waals surface area contributed by atoms with Gasteiger partial charge in [0.2, 0.25) is 0 Å². The Morgan fingerprint density at radius 3 is 2.83 bits per heavy atom. The first-order valence-electron chi connectivity index (χ1n) is 7.66. The summed E-state index contributed by atoms with van der Waals surface area (Å²) in [6.07, 6.45) is 1.79. The molecular weight excluding hydrogens is 310 g/mol. The van der Waals surface area contributed by atoms with Crippen molar-refractivity contribution in [2.45, 2.75) is 19.1 Å². The molecule has 23 heavy (non-hydrogen) atoms. The maximum atomic E-state index is 10.5. The van der Waals surface area contributed by atoms with Crippen LogP contribution in [-0.4, -0.2) is 33.8 Å². The van der Waals surface area contributed by atoms with Crippen molar-refractivity contribution in [1.82, 2.24) is 15.1 Å². The Morgan fingerprint density at radius 1 is 1.26 bits per heavy atom. The van der Waals surface area contributed by atoms with E-state index in [-0.39, 0.29) is 0 Å². The van der Waals surface area contributed by atoms with E-state index in [0.717, 1.165) is 29.6 Å². The molecule has 1 heterocycles.